The Labute approximate surface area is 131 Å². The minimum atomic E-state index is -0.145. The maximum Gasteiger partial charge on any atom is 0.274 e. The molecule has 2 unspecified atom stereocenters. The quantitative estimate of drug-likeness (QED) is 0.916. The number of likely N-dealkylation sites (tertiary alicyclic amines) is 1. The molecule has 6 heteroatoms. The van der Waals surface area contributed by atoms with Crippen LogP contribution in [0.3, 0.4) is 0 Å². The van der Waals surface area contributed by atoms with Crippen molar-refractivity contribution in [1.82, 2.24) is 20.2 Å². The van der Waals surface area contributed by atoms with Crippen LogP contribution in [0.5, 0.6) is 0 Å². The Morgan fingerprint density at radius 1 is 1.41 bits per heavy atom. The molecule has 1 saturated heterocycles. The second-order valence-corrected chi connectivity index (χ2v) is 5.95. The van der Waals surface area contributed by atoms with Crippen LogP contribution >= 0.6 is 0 Å². The maximum atomic E-state index is 12.4. The Morgan fingerprint density at radius 2 is 2.18 bits per heavy atom. The highest BCUT2D eigenvalue weighted by molar-refractivity contribution is 5.92. The van der Waals surface area contributed by atoms with Gasteiger partial charge in [-0.1, -0.05) is 6.92 Å². The highest BCUT2D eigenvalue weighted by atomic mass is 16.2. The molecule has 1 aliphatic rings. The summed E-state index contributed by atoms with van der Waals surface area (Å²) in [5.74, 6) is -0.236. The van der Waals surface area contributed by atoms with Crippen molar-refractivity contribution in [2.75, 3.05) is 13.1 Å². The molecule has 2 rings (SSSR count). The third-order valence-corrected chi connectivity index (χ3v) is 4.08. The Bertz CT molecular complexity index is 529. The van der Waals surface area contributed by atoms with Gasteiger partial charge in [0.1, 0.15) is 5.69 Å². The van der Waals surface area contributed by atoms with Crippen LogP contribution in [0.2, 0.25) is 0 Å². The summed E-state index contributed by atoms with van der Waals surface area (Å²) < 4.78 is 0. The number of nitrogens with zero attached hydrogens (tertiary/aromatic N) is 3. The average Bonchev–Trinajstić information content (AvgIpc) is 2.54. The number of piperidine rings is 1. The van der Waals surface area contributed by atoms with E-state index in [2.05, 4.69) is 15.3 Å². The third kappa shape index (κ3) is 4.02. The van der Waals surface area contributed by atoms with Crippen molar-refractivity contribution in [2.24, 2.45) is 5.92 Å². The fraction of sp³-hybridized carbons (Fsp3) is 0.625. The maximum absolute atomic E-state index is 12.4. The second-order valence-electron chi connectivity index (χ2n) is 5.95. The van der Waals surface area contributed by atoms with Crippen molar-refractivity contribution in [3.8, 4) is 0 Å². The summed E-state index contributed by atoms with van der Waals surface area (Å²) in [6.45, 7) is 6.98. The SMILES string of the molecule is CCC(C)NC(=O)C1CCCN(C(=O)c2cnc(C)cn2)C1. The number of hydrogen-bond donors (Lipinski definition) is 1. The molecule has 1 aromatic rings. The lowest BCUT2D eigenvalue weighted by atomic mass is 9.96. The molecule has 0 spiro atoms. The molecular formula is C16H24N4O2. The molecule has 22 heavy (non-hydrogen) atoms. The molecule has 1 fully saturated rings. The minimum absolute atomic E-state index is 0.0434. The molecular weight excluding hydrogens is 280 g/mol. The zero-order valence-corrected chi connectivity index (χ0v) is 13.5. The van der Waals surface area contributed by atoms with Gasteiger partial charge in [0.2, 0.25) is 5.91 Å². The minimum Gasteiger partial charge on any atom is -0.353 e. The lowest BCUT2D eigenvalue weighted by molar-refractivity contribution is -0.126. The van der Waals surface area contributed by atoms with Crippen LogP contribution in [0.15, 0.2) is 12.4 Å². The van der Waals surface area contributed by atoms with Crippen LogP contribution in [0.1, 0.15) is 49.3 Å². The summed E-state index contributed by atoms with van der Waals surface area (Å²) in [4.78, 5) is 34.6. The molecule has 1 aromatic heterocycles. The number of rotatable bonds is 4. The largest absolute Gasteiger partial charge is 0.353 e. The van der Waals surface area contributed by atoms with Gasteiger partial charge in [-0.05, 0) is 33.1 Å². The number of carbonyl (C=O) groups is 2. The van der Waals surface area contributed by atoms with E-state index in [4.69, 9.17) is 0 Å². The first-order valence-electron chi connectivity index (χ1n) is 7.89. The lowest BCUT2D eigenvalue weighted by Crippen LogP contribution is -2.47. The summed E-state index contributed by atoms with van der Waals surface area (Å²) in [7, 11) is 0. The predicted octanol–water partition coefficient (Wildman–Crippen LogP) is 1.55. The average molecular weight is 304 g/mol. The van der Waals surface area contributed by atoms with Crippen molar-refractivity contribution >= 4 is 11.8 Å². The van der Waals surface area contributed by atoms with E-state index in [-0.39, 0.29) is 23.8 Å². The van der Waals surface area contributed by atoms with Gasteiger partial charge in [-0.15, -0.1) is 0 Å². The van der Waals surface area contributed by atoms with Gasteiger partial charge in [0.25, 0.3) is 5.91 Å². The molecule has 6 nitrogen and oxygen atoms in total. The van der Waals surface area contributed by atoms with E-state index in [1.165, 1.54) is 6.20 Å². The van der Waals surface area contributed by atoms with E-state index < -0.39 is 0 Å². The van der Waals surface area contributed by atoms with Gasteiger partial charge in [0, 0.05) is 25.3 Å². The number of nitrogens with one attached hydrogen (secondary N) is 1. The molecule has 2 amide bonds. The van der Waals surface area contributed by atoms with Gasteiger partial charge in [0.15, 0.2) is 0 Å². The van der Waals surface area contributed by atoms with Crippen LogP contribution in [-0.2, 0) is 4.79 Å². The topological polar surface area (TPSA) is 75.2 Å². The van der Waals surface area contributed by atoms with Crippen LogP contribution in [0, 0.1) is 12.8 Å². The summed E-state index contributed by atoms with van der Waals surface area (Å²) in [6.07, 6.45) is 5.65. The van der Waals surface area contributed by atoms with E-state index in [1.54, 1.807) is 11.1 Å². The standard InChI is InChI=1S/C16H24N4O2/c1-4-11(2)19-15(21)13-6-5-7-20(10-13)16(22)14-9-17-12(3)8-18-14/h8-9,11,13H,4-7,10H2,1-3H3,(H,19,21). The molecule has 2 atom stereocenters. The van der Waals surface area contributed by atoms with E-state index in [0.29, 0.717) is 18.8 Å². The third-order valence-electron chi connectivity index (χ3n) is 4.08. The Hall–Kier alpha value is -1.98. The summed E-state index contributed by atoms with van der Waals surface area (Å²) in [5, 5.41) is 3.00. The first-order valence-corrected chi connectivity index (χ1v) is 7.89. The summed E-state index contributed by atoms with van der Waals surface area (Å²) in [6, 6.07) is 0.168. The van der Waals surface area contributed by atoms with Crippen molar-refractivity contribution in [2.45, 2.75) is 46.1 Å². The van der Waals surface area contributed by atoms with Gasteiger partial charge in [-0.2, -0.15) is 0 Å². The zero-order chi connectivity index (χ0) is 16.1. The summed E-state index contributed by atoms with van der Waals surface area (Å²) in [5.41, 5.74) is 1.12. The smallest absolute Gasteiger partial charge is 0.274 e. The van der Waals surface area contributed by atoms with Gasteiger partial charge in [-0.25, -0.2) is 4.98 Å². The number of aromatic nitrogens is 2. The molecule has 120 valence electrons. The fourth-order valence-electron chi connectivity index (χ4n) is 2.50. The lowest BCUT2D eigenvalue weighted by Gasteiger charge is -2.32. The van der Waals surface area contributed by atoms with E-state index >= 15 is 0 Å². The zero-order valence-electron chi connectivity index (χ0n) is 13.5. The highest BCUT2D eigenvalue weighted by Crippen LogP contribution is 2.18. The molecule has 0 aromatic carbocycles. The highest BCUT2D eigenvalue weighted by Gasteiger charge is 2.29. The van der Waals surface area contributed by atoms with Crippen LogP contribution in [0.25, 0.3) is 0 Å². The Balaban J connectivity index is 1.99. The van der Waals surface area contributed by atoms with Crippen molar-refractivity contribution in [1.29, 1.82) is 0 Å². The first-order chi connectivity index (χ1) is 10.5. The van der Waals surface area contributed by atoms with Gasteiger partial charge >= 0.3 is 0 Å². The molecule has 1 aliphatic heterocycles. The molecule has 0 aliphatic carbocycles. The molecule has 0 saturated carbocycles. The number of aryl methyl sites for hydroxylation is 1. The Kier molecular flexibility index (Phi) is 5.46. The van der Waals surface area contributed by atoms with Crippen LogP contribution in [0.4, 0.5) is 0 Å². The number of carbonyl (C=O) groups excluding carboxylic acids is 2. The van der Waals surface area contributed by atoms with E-state index in [9.17, 15) is 9.59 Å². The number of hydrogen-bond acceptors (Lipinski definition) is 4. The fourth-order valence-corrected chi connectivity index (χ4v) is 2.50. The Morgan fingerprint density at radius 3 is 2.82 bits per heavy atom. The number of amides is 2. The second kappa shape index (κ2) is 7.33. The molecule has 1 N–H and O–H groups in total. The molecule has 2 heterocycles. The van der Waals surface area contributed by atoms with Crippen LogP contribution in [-0.4, -0.2) is 45.8 Å². The van der Waals surface area contributed by atoms with Gasteiger partial charge in [-0.3, -0.25) is 14.6 Å². The monoisotopic (exact) mass is 304 g/mol. The van der Waals surface area contributed by atoms with E-state index in [1.807, 2.05) is 20.8 Å². The van der Waals surface area contributed by atoms with Crippen LogP contribution < -0.4 is 5.32 Å². The predicted molar refractivity (Wildman–Crippen MR) is 83.3 cm³/mol. The van der Waals surface area contributed by atoms with Gasteiger partial charge in [0.05, 0.1) is 17.8 Å². The van der Waals surface area contributed by atoms with E-state index in [0.717, 1.165) is 25.0 Å². The van der Waals surface area contributed by atoms with Gasteiger partial charge < -0.3 is 10.2 Å². The molecule has 0 radical (unpaired) electrons. The first kappa shape index (κ1) is 16.4. The van der Waals surface area contributed by atoms with Crippen molar-refractivity contribution in [3.63, 3.8) is 0 Å². The molecule has 0 bridgehead atoms. The normalized spacial score (nSPS) is 19.6. The summed E-state index contributed by atoms with van der Waals surface area (Å²) >= 11 is 0. The van der Waals surface area contributed by atoms with Crippen molar-refractivity contribution in [3.05, 3.63) is 23.8 Å². The van der Waals surface area contributed by atoms with Crippen molar-refractivity contribution < 1.29 is 9.59 Å².